The minimum atomic E-state index is -0.743. The topological polar surface area (TPSA) is 119 Å². The van der Waals surface area contributed by atoms with Crippen molar-refractivity contribution in [3.63, 3.8) is 0 Å². The first-order valence-corrected chi connectivity index (χ1v) is 6.82. The molecule has 0 aromatic heterocycles. The van der Waals surface area contributed by atoms with Crippen LogP contribution in [-0.2, 0) is 19.1 Å². The molecule has 7 heteroatoms. The van der Waals surface area contributed by atoms with E-state index in [1.807, 2.05) is 0 Å². The van der Waals surface area contributed by atoms with Gasteiger partial charge in [-0.15, -0.1) is 0 Å². The number of nitriles is 1. The number of methoxy groups -OCH3 is 1. The van der Waals surface area contributed by atoms with Crippen molar-refractivity contribution in [1.82, 2.24) is 0 Å². The summed E-state index contributed by atoms with van der Waals surface area (Å²) in [6.07, 6.45) is 2.59. The molecule has 7 nitrogen and oxygen atoms in total. The maximum atomic E-state index is 11.6. The van der Waals surface area contributed by atoms with Gasteiger partial charge in [-0.05, 0) is 30.7 Å². The summed E-state index contributed by atoms with van der Waals surface area (Å²) in [6.45, 7) is 0.845. The lowest BCUT2D eigenvalue weighted by Gasteiger charge is -2.02. The Kier molecular flexibility index (Phi) is 6.92. The van der Waals surface area contributed by atoms with E-state index in [2.05, 4.69) is 4.74 Å². The van der Waals surface area contributed by atoms with Gasteiger partial charge in [-0.1, -0.05) is 12.1 Å². The molecular formula is C17H16N2O5. The predicted molar refractivity (Wildman–Crippen MR) is 85.3 cm³/mol. The van der Waals surface area contributed by atoms with Crippen LogP contribution >= 0.6 is 0 Å². The number of esters is 2. The Hall–Kier alpha value is -3.40. The van der Waals surface area contributed by atoms with Crippen molar-refractivity contribution in [2.75, 3.05) is 13.7 Å². The van der Waals surface area contributed by atoms with Crippen LogP contribution in [0.1, 0.15) is 22.8 Å². The molecule has 2 N–H and O–H groups in total. The molecule has 0 spiro atoms. The number of benzene rings is 1. The number of hydrogen-bond donors (Lipinski definition) is 1. The molecule has 24 heavy (non-hydrogen) atoms. The van der Waals surface area contributed by atoms with Crippen molar-refractivity contribution in [2.24, 2.45) is 5.73 Å². The molecule has 0 fully saturated rings. The molecule has 0 aliphatic rings. The number of nitrogens with two attached hydrogens (primary N) is 1. The maximum absolute atomic E-state index is 11.6. The number of Topliss-reactive ketones (excluding diaryl/α,β-unsaturated/α-hetero) is 1. The van der Waals surface area contributed by atoms with Gasteiger partial charge in [0.1, 0.15) is 11.6 Å². The summed E-state index contributed by atoms with van der Waals surface area (Å²) in [5, 5.41) is 8.77. The van der Waals surface area contributed by atoms with E-state index >= 15 is 0 Å². The van der Waals surface area contributed by atoms with Crippen LogP contribution in [0.3, 0.4) is 0 Å². The molecule has 0 heterocycles. The molecule has 0 bridgehead atoms. The summed E-state index contributed by atoms with van der Waals surface area (Å²) in [5.74, 6) is -1.87. The van der Waals surface area contributed by atoms with Crippen LogP contribution in [0.2, 0.25) is 0 Å². The molecule has 0 atom stereocenters. The van der Waals surface area contributed by atoms with E-state index in [4.69, 9.17) is 15.7 Å². The highest BCUT2D eigenvalue weighted by molar-refractivity contribution is 6.01. The molecule has 1 rings (SSSR count). The Morgan fingerprint density at radius 1 is 1.25 bits per heavy atom. The number of ketones is 1. The minimum Gasteiger partial charge on any atom is -0.465 e. The van der Waals surface area contributed by atoms with Crippen molar-refractivity contribution < 1.29 is 23.9 Å². The van der Waals surface area contributed by atoms with Gasteiger partial charge < -0.3 is 15.2 Å². The number of carbonyl (C=O) groups excluding carboxylic acids is 3. The minimum absolute atomic E-state index is 0.0692. The standard InChI is InChI=1S/C17H16N2O5/c1-11(19)14(9-18)15(20)10-24-16(21)8-5-12-3-6-13(7-4-12)17(22)23-2/h3-8H,10,19H2,1-2H3/b8-5+,14-11-. The van der Waals surface area contributed by atoms with Gasteiger partial charge in [-0.2, -0.15) is 5.26 Å². The fourth-order valence-corrected chi connectivity index (χ4v) is 1.64. The number of ether oxygens (including phenoxy) is 2. The molecule has 0 saturated heterocycles. The van der Waals surface area contributed by atoms with E-state index < -0.39 is 24.3 Å². The number of nitrogens with zero attached hydrogens (tertiary/aromatic N) is 1. The summed E-state index contributed by atoms with van der Waals surface area (Å²) in [4.78, 5) is 34.5. The lowest BCUT2D eigenvalue weighted by molar-refractivity contribution is -0.141. The Morgan fingerprint density at radius 3 is 2.38 bits per heavy atom. The summed E-state index contributed by atoms with van der Waals surface area (Å²) < 4.78 is 9.32. The predicted octanol–water partition coefficient (Wildman–Crippen LogP) is 1.35. The third-order valence-corrected chi connectivity index (χ3v) is 2.87. The lowest BCUT2D eigenvalue weighted by Crippen LogP contribution is -2.16. The fraction of sp³-hybridized carbons (Fsp3) is 0.176. The van der Waals surface area contributed by atoms with Gasteiger partial charge in [0.15, 0.2) is 6.61 Å². The van der Waals surface area contributed by atoms with Crippen molar-refractivity contribution in [2.45, 2.75) is 6.92 Å². The van der Waals surface area contributed by atoms with E-state index in [1.54, 1.807) is 30.3 Å². The van der Waals surface area contributed by atoms with Crippen LogP contribution in [0.5, 0.6) is 0 Å². The van der Waals surface area contributed by atoms with E-state index in [0.29, 0.717) is 11.1 Å². The van der Waals surface area contributed by atoms with Gasteiger partial charge in [-0.3, -0.25) is 4.79 Å². The van der Waals surface area contributed by atoms with Gasteiger partial charge in [0.2, 0.25) is 5.78 Å². The summed E-state index contributed by atoms with van der Waals surface area (Å²) in [5.41, 5.74) is 6.26. The molecule has 1 aromatic rings. The second kappa shape index (κ2) is 8.90. The molecule has 0 aliphatic carbocycles. The lowest BCUT2D eigenvalue weighted by atomic mass is 10.1. The summed E-state index contributed by atoms with van der Waals surface area (Å²) in [6, 6.07) is 8.00. The fourth-order valence-electron chi connectivity index (χ4n) is 1.64. The highest BCUT2D eigenvalue weighted by Gasteiger charge is 2.13. The molecule has 0 aliphatic heterocycles. The van der Waals surface area contributed by atoms with Crippen LogP contribution < -0.4 is 5.73 Å². The number of carbonyl (C=O) groups is 3. The van der Waals surface area contributed by atoms with Gasteiger partial charge in [0.05, 0.1) is 12.7 Å². The second-order valence-corrected chi connectivity index (χ2v) is 4.65. The van der Waals surface area contributed by atoms with Gasteiger partial charge in [0.25, 0.3) is 0 Å². The number of rotatable bonds is 6. The Bertz CT molecular complexity index is 735. The largest absolute Gasteiger partial charge is 0.465 e. The molecule has 124 valence electrons. The Balaban J connectivity index is 2.61. The average molecular weight is 328 g/mol. The van der Waals surface area contributed by atoms with E-state index in [-0.39, 0.29) is 11.3 Å². The van der Waals surface area contributed by atoms with Crippen LogP contribution in [-0.4, -0.2) is 31.4 Å². The van der Waals surface area contributed by atoms with Crippen LogP contribution in [0.4, 0.5) is 0 Å². The van der Waals surface area contributed by atoms with E-state index in [1.165, 1.54) is 20.1 Å². The van der Waals surface area contributed by atoms with Crippen LogP contribution in [0.25, 0.3) is 6.08 Å². The van der Waals surface area contributed by atoms with Gasteiger partial charge in [0, 0.05) is 11.8 Å². The molecule has 0 saturated carbocycles. The number of allylic oxidation sites excluding steroid dienone is 1. The van der Waals surface area contributed by atoms with Crippen molar-refractivity contribution in [3.05, 3.63) is 52.7 Å². The third kappa shape index (κ3) is 5.42. The highest BCUT2D eigenvalue weighted by Crippen LogP contribution is 2.07. The Labute approximate surface area is 139 Å². The van der Waals surface area contributed by atoms with E-state index in [0.717, 1.165) is 6.08 Å². The smallest absolute Gasteiger partial charge is 0.337 e. The summed E-state index contributed by atoms with van der Waals surface area (Å²) in [7, 11) is 1.28. The zero-order valence-corrected chi connectivity index (χ0v) is 13.2. The molecule has 1 aromatic carbocycles. The first-order chi connectivity index (χ1) is 11.4. The zero-order valence-electron chi connectivity index (χ0n) is 13.2. The molecule has 0 unspecified atom stereocenters. The monoisotopic (exact) mass is 328 g/mol. The van der Waals surface area contributed by atoms with Gasteiger partial charge in [-0.25, -0.2) is 9.59 Å². The van der Waals surface area contributed by atoms with Crippen molar-refractivity contribution in [1.29, 1.82) is 5.26 Å². The molecule has 0 amide bonds. The number of hydrogen-bond acceptors (Lipinski definition) is 7. The SMILES string of the molecule is COC(=O)c1ccc(/C=C/C(=O)OCC(=O)/C(C#N)=C(/C)N)cc1. The quantitative estimate of drug-likeness (QED) is 0.475. The molecule has 0 radical (unpaired) electrons. The average Bonchev–Trinajstić information content (AvgIpc) is 2.58. The van der Waals surface area contributed by atoms with Crippen LogP contribution in [0, 0.1) is 11.3 Å². The first-order valence-electron chi connectivity index (χ1n) is 6.82. The van der Waals surface area contributed by atoms with Crippen molar-refractivity contribution in [3.8, 4) is 6.07 Å². The Morgan fingerprint density at radius 2 is 1.88 bits per heavy atom. The third-order valence-electron chi connectivity index (χ3n) is 2.87. The maximum Gasteiger partial charge on any atom is 0.337 e. The van der Waals surface area contributed by atoms with Gasteiger partial charge >= 0.3 is 11.9 Å². The van der Waals surface area contributed by atoms with E-state index in [9.17, 15) is 14.4 Å². The normalized spacial score (nSPS) is 11.4. The van der Waals surface area contributed by atoms with Crippen LogP contribution in [0.15, 0.2) is 41.6 Å². The molecular weight excluding hydrogens is 312 g/mol. The first kappa shape index (κ1) is 18.6. The van der Waals surface area contributed by atoms with Crippen molar-refractivity contribution >= 4 is 23.8 Å². The summed E-state index contributed by atoms with van der Waals surface area (Å²) >= 11 is 0. The zero-order chi connectivity index (χ0) is 18.1. The second-order valence-electron chi connectivity index (χ2n) is 4.65. The highest BCUT2D eigenvalue weighted by atomic mass is 16.5.